The normalized spacial score (nSPS) is 16.7. The first-order valence-electron chi connectivity index (χ1n) is 5.91. The second-order valence-electron chi connectivity index (χ2n) is 4.35. The topological polar surface area (TPSA) is 59.5 Å². The number of anilines is 1. The predicted octanol–water partition coefficient (Wildman–Crippen LogP) is 1.74. The summed E-state index contributed by atoms with van der Waals surface area (Å²) in [7, 11) is 1.43. The zero-order chi connectivity index (χ0) is 13.1. The first-order valence-corrected chi connectivity index (χ1v) is 6.73. The van der Waals surface area contributed by atoms with Gasteiger partial charge in [0.15, 0.2) is 10.9 Å². The molecule has 1 aromatic heterocycles. The van der Waals surface area contributed by atoms with Crippen molar-refractivity contribution in [1.29, 1.82) is 0 Å². The molecule has 0 spiro atoms. The van der Waals surface area contributed by atoms with Crippen LogP contribution >= 0.6 is 11.3 Å². The Morgan fingerprint density at radius 3 is 2.61 bits per heavy atom. The van der Waals surface area contributed by atoms with E-state index in [1.807, 2.05) is 0 Å². The molecular formula is C12H16N2O3S. The maximum Gasteiger partial charge on any atom is 0.308 e. The van der Waals surface area contributed by atoms with Gasteiger partial charge in [0.25, 0.3) is 0 Å². The quantitative estimate of drug-likeness (QED) is 0.617. The highest BCUT2D eigenvalue weighted by atomic mass is 32.1. The molecule has 0 aliphatic carbocycles. The molecule has 0 unspecified atom stereocenters. The molecule has 0 saturated carbocycles. The van der Waals surface area contributed by atoms with Gasteiger partial charge < -0.3 is 9.64 Å². The third-order valence-corrected chi connectivity index (χ3v) is 4.30. The molecule has 5 nitrogen and oxygen atoms in total. The minimum atomic E-state index is -0.127. The summed E-state index contributed by atoms with van der Waals surface area (Å²) in [5, 5.41) is 0.864. The van der Waals surface area contributed by atoms with Crippen molar-refractivity contribution in [2.75, 3.05) is 25.1 Å². The van der Waals surface area contributed by atoms with Crippen molar-refractivity contribution in [2.24, 2.45) is 5.92 Å². The third kappa shape index (κ3) is 2.69. The van der Waals surface area contributed by atoms with Crippen LogP contribution in [0.3, 0.4) is 0 Å². The number of carbonyl (C=O) groups excluding carboxylic acids is 2. The minimum absolute atomic E-state index is 0.00140. The fourth-order valence-corrected chi connectivity index (χ4v) is 2.91. The Kier molecular flexibility index (Phi) is 3.96. The van der Waals surface area contributed by atoms with Crippen LogP contribution in [-0.2, 0) is 9.53 Å². The average Bonchev–Trinajstić information content (AvgIpc) is 2.88. The number of methoxy groups -OCH3 is 1. The zero-order valence-electron chi connectivity index (χ0n) is 10.5. The number of thiazole rings is 1. The van der Waals surface area contributed by atoms with Gasteiger partial charge in [-0.3, -0.25) is 9.59 Å². The Hall–Kier alpha value is -1.43. The number of hydrogen-bond acceptors (Lipinski definition) is 6. The van der Waals surface area contributed by atoms with E-state index in [1.165, 1.54) is 18.4 Å². The molecule has 1 fully saturated rings. The molecule has 0 amide bonds. The fraction of sp³-hybridized carbons (Fsp3) is 0.583. The molecule has 0 atom stereocenters. The lowest BCUT2D eigenvalue weighted by Gasteiger charge is -2.30. The van der Waals surface area contributed by atoms with Gasteiger partial charge in [-0.1, -0.05) is 11.3 Å². The number of Topliss-reactive ketones (excluding diaryl/α,β-unsaturated/α-hetero) is 1. The van der Waals surface area contributed by atoms with Crippen LogP contribution in [0, 0.1) is 5.92 Å². The van der Waals surface area contributed by atoms with Gasteiger partial charge in [-0.2, -0.15) is 0 Å². The minimum Gasteiger partial charge on any atom is -0.469 e. The van der Waals surface area contributed by atoms with E-state index in [-0.39, 0.29) is 17.7 Å². The van der Waals surface area contributed by atoms with Crippen LogP contribution in [0.5, 0.6) is 0 Å². The standard InChI is InChI=1S/C12H16N2O3S/c1-8(15)10-7-13-12(18-10)14-5-3-9(4-6-14)11(16)17-2/h7,9H,3-6H2,1-2H3. The second kappa shape index (κ2) is 5.48. The zero-order valence-corrected chi connectivity index (χ0v) is 11.3. The van der Waals surface area contributed by atoms with Crippen molar-refractivity contribution in [3.63, 3.8) is 0 Å². The molecule has 0 bridgehead atoms. The molecule has 1 aromatic rings. The Bertz CT molecular complexity index is 450. The van der Waals surface area contributed by atoms with Crippen LogP contribution in [0.15, 0.2) is 6.20 Å². The monoisotopic (exact) mass is 268 g/mol. The van der Waals surface area contributed by atoms with E-state index in [0.717, 1.165) is 31.1 Å². The molecule has 98 valence electrons. The number of rotatable bonds is 3. The van der Waals surface area contributed by atoms with Gasteiger partial charge >= 0.3 is 5.97 Å². The Balaban J connectivity index is 1.96. The van der Waals surface area contributed by atoms with Gasteiger partial charge in [0.1, 0.15) is 0 Å². The first kappa shape index (κ1) is 13.0. The summed E-state index contributed by atoms with van der Waals surface area (Å²) in [5.41, 5.74) is 0. The SMILES string of the molecule is COC(=O)C1CCN(c2ncc(C(C)=O)s2)CC1. The maximum atomic E-state index is 11.4. The number of esters is 1. The highest BCUT2D eigenvalue weighted by Crippen LogP contribution is 2.27. The fourth-order valence-electron chi connectivity index (χ4n) is 2.05. The van der Waals surface area contributed by atoms with Gasteiger partial charge in [0.2, 0.25) is 0 Å². The summed E-state index contributed by atoms with van der Waals surface area (Å²) in [5.74, 6) is -0.0834. The van der Waals surface area contributed by atoms with E-state index in [9.17, 15) is 9.59 Å². The number of nitrogens with zero attached hydrogens (tertiary/aromatic N) is 2. The molecule has 0 aromatic carbocycles. The predicted molar refractivity (Wildman–Crippen MR) is 69.1 cm³/mol. The van der Waals surface area contributed by atoms with Crippen molar-refractivity contribution in [2.45, 2.75) is 19.8 Å². The van der Waals surface area contributed by atoms with Crippen molar-refractivity contribution < 1.29 is 14.3 Å². The van der Waals surface area contributed by atoms with Crippen LogP contribution in [-0.4, -0.2) is 36.9 Å². The van der Waals surface area contributed by atoms with E-state index < -0.39 is 0 Å². The van der Waals surface area contributed by atoms with Crippen LogP contribution in [0.25, 0.3) is 0 Å². The molecule has 0 N–H and O–H groups in total. The molecule has 2 rings (SSSR count). The number of aromatic nitrogens is 1. The Labute approximate surface area is 110 Å². The van der Waals surface area contributed by atoms with Gasteiger partial charge in [-0.05, 0) is 12.8 Å². The highest BCUT2D eigenvalue weighted by Gasteiger charge is 2.26. The van der Waals surface area contributed by atoms with Gasteiger partial charge in [-0.15, -0.1) is 0 Å². The number of hydrogen-bond donors (Lipinski definition) is 0. The van der Waals surface area contributed by atoms with Gasteiger partial charge in [0.05, 0.1) is 24.1 Å². The van der Waals surface area contributed by atoms with E-state index >= 15 is 0 Å². The van der Waals surface area contributed by atoms with Crippen molar-refractivity contribution in [1.82, 2.24) is 4.98 Å². The number of carbonyl (C=O) groups is 2. The van der Waals surface area contributed by atoms with Crippen molar-refractivity contribution in [3.8, 4) is 0 Å². The smallest absolute Gasteiger partial charge is 0.308 e. The second-order valence-corrected chi connectivity index (χ2v) is 5.36. The Morgan fingerprint density at radius 1 is 1.44 bits per heavy atom. The summed E-state index contributed by atoms with van der Waals surface area (Å²) in [6, 6.07) is 0. The molecule has 2 heterocycles. The summed E-state index contributed by atoms with van der Waals surface area (Å²) in [6.07, 6.45) is 3.18. The number of ketones is 1. The summed E-state index contributed by atoms with van der Waals surface area (Å²) in [4.78, 5) is 29.7. The third-order valence-electron chi connectivity index (χ3n) is 3.14. The molecule has 1 saturated heterocycles. The Morgan fingerprint density at radius 2 is 2.11 bits per heavy atom. The first-order chi connectivity index (χ1) is 8.61. The van der Waals surface area contributed by atoms with Crippen LogP contribution in [0.4, 0.5) is 5.13 Å². The molecule has 6 heteroatoms. The number of ether oxygens (including phenoxy) is 1. The summed E-state index contributed by atoms with van der Waals surface area (Å²) in [6.45, 7) is 3.11. The van der Waals surface area contributed by atoms with E-state index in [4.69, 9.17) is 4.74 Å². The van der Waals surface area contributed by atoms with Crippen molar-refractivity contribution in [3.05, 3.63) is 11.1 Å². The van der Waals surface area contributed by atoms with Gasteiger partial charge in [0, 0.05) is 20.0 Å². The summed E-state index contributed by atoms with van der Waals surface area (Å²) >= 11 is 1.41. The average molecular weight is 268 g/mol. The number of piperidine rings is 1. The lowest BCUT2D eigenvalue weighted by molar-refractivity contribution is -0.146. The van der Waals surface area contributed by atoms with Gasteiger partial charge in [-0.25, -0.2) is 4.98 Å². The highest BCUT2D eigenvalue weighted by molar-refractivity contribution is 7.17. The lowest BCUT2D eigenvalue weighted by atomic mass is 9.97. The van der Waals surface area contributed by atoms with E-state index in [2.05, 4.69) is 9.88 Å². The van der Waals surface area contributed by atoms with E-state index in [1.54, 1.807) is 13.1 Å². The molecule has 1 aliphatic heterocycles. The molecule has 1 aliphatic rings. The van der Waals surface area contributed by atoms with Crippen LogP contribution < -0.4 is 4.90 Å². The summed E-state index contributed by atoms with van der Waals surface area (Å²) < 4.78 is 4.75. The lowest BCUT2D eigenvalue weighted by Crippen LogP contribution is -2.36. The van der Waals surface area contributed by atoms with Crippen LogP contribution in [0.2, 0.25) is 0 Å². The van der Waals surface area contributed by atoms with Crippen LogP contribution in [0.1, 0.15) is 29.4 Å². The molecular weight excluding hydrogens is 252 g/mol. The molecule has 18 heavy (non-hydrogen) atoms. The molecule has 0 radical (unpaired) electrons. The largest absolute Gasteiger partial charge is 0.469 e. The maximum absolute atomic E-state index is 11.4. The van der Waals surface area contributed by atoms with E-state index in [0.29, 0.717) is 4.88 Å². The van der Waals surface area contributed by atoms with Crippen molar-refractivity contribution >= 4 is 28.2 Å².